The van der Waals surface area contributed by atoms with Gasteiger partial charge in [-0.05, 0) is 32.8 Å². The van der Waals surface area contributed by atoms with Crippen molar-refractivity contribution in [3.8, 4) is 28.7 Å². The molecule has 2 aromatic heterocycles. The van der Waals surface area contributed by atoms with Gasteiger partial charge in [-0.25, -0.2) is 4.98 Å². The quantitative estimate of drug-likeness (QED) is 0.128. The Morgan fingerprint density at radius 1 is 0.420 bits per heavy atom. The Kier molecular flexibility index (Phi) is 3.13. The minimum absolute atomic E-state index is 0.321. The number of nitrogens with zero attached hydrogens (tertiary/aromatic N) is 4. The van der Waals surface area contributed by atoms with E-state index in [1.54, 1.807) is 0 Å². The van der Waals surface area contributed by atoms with Gasteiger partial charge in [-0.3, -0.25) is 4.57 Å². The number of aromatic nitrogens is 4. The van der Waals surface area contributed by atoms with E-state index in [1.165, 1.54) is 18.2 Å². The smallest absolute Gasteiger partial charge is 0.238 e. The lowest BCUT2D eigenvalue weighted by molar-refractivity contribution is 0.953. The molecule has 0 spiro atoms. The Morgan fingerprint density at radius 3 is 1.38 bits per heavy atom. The number of fused-ring (bicyclic) bond motifs is 3. The average Bonchev–Trinajstić information content (AvgIpc) is 3.86. The van der Waals surface area contributed by atoms with Crippen molar-refractivity contribution >= 4 is 50.6 Å². The fraction of sp³-hybridized carbons (Fsp3) is 0. The van der Waals surface area contributed by atoms with Crippen LogP contribution in [0, 0.1) is 0 Å². The van der Waals surface area contributed by atoms with Crippen molar-refractivity contribution in [2.75, 3.05) is 0 Å². The van der Waals surface area contributed by atoms with E-state index >= 15 is 0 Å². The van der Waals surface area contributed by atoms with E-state index in [9.17, 15) is 8.22 Å². The van der Waals surface area contributed by atoms with Crippen LogP contribution in [0.25, 0.3) is 50.5 Å². The highest BCUT2D eigenvalue weighted by Gasteiger charge is 2.41. The Bertz CT molecular complexity index is 3860. The van der Waals surface area contributed by atoms with Gasteiger partial charge in [0.15, 0.2) is 19.7 Å². The first-order chi connectivity index (χ1) is 36.4. The highest BCUT2D eigenvalue weighted by Crippen LogP contribution is 2.32. The Balaban J connectivity index is 1.55. The van der Waals surface area contributed by atoms with Crippen molar-refractivity contribution in [2.24, 2.45) is 0 Å². The zero-order valence-corrected chi connectivity index (χ0v) is 26.1. The third kappa shape index (κ3) is 4.95. The van der Waals surface area contributed by atoms with Gasteiger partial charge in [0.2, 0.25) is 5.95 Å². The second kappa shape index (κ2) is 12.5. The third-order valence-electron chi connectivity index (χ3n) is 7.76. The maximum atomic E-state index is 9.45. The van der Waals surface area contributed by atoms with Crippen molar-refractivity contribution in [2.45, 2.75) is 0 Å². The van der Waals surface area contributed by atoms with Gasteiger partial charge in [0.1, 0.15) is 0 Å². The zero-order chi connectivity index (χ0) is 57.7. The van der Waals surface area contributed by atoms with Gasteiger partial charge >= 0.3 is 0 Å². The molecule has 0 aliphatic carbocycles. The van der Waals surface area contributed by atoms with Gasteiger partial charge in [-0.15, -0.1) is 0 Å². The molecule has 236 valence electrons. The van der Waals surface area contributed by atoms with Gasteiger partial charge in [-0.1, -0.05) is 181 Å². The minimum atomic E-state index is -5.77. The first kappa shape index (κ1) is 12.5. The van der Waals surface area contributed by atoms with Crippen LogP contribution in [0.4, 0.5) is 0 Å². The minimum Gasteiger partial charge on any atom is -0.278 e. The predicted molar refractivity (Wildman–Crippen MR) is 209 cm³/mol. The lowest BCUT2D eigenvalue weighted by atomic mass is 10.2. The first-order valence-corrected chi connectivity index (χ1v) is 16.6. The van der Waals surface area contributed by atoms with Gasteiger partial charge in [0.25, 0.3) is 0 Å². The molecule has 0 atom stereocenters. The highest BCUT2D eigenvalue weighted by molar-refractivity contribution is 7.19. The van der Waals surface area contributed by atoms with E-state index in [-0.39, 0.29) is 5.56 Å². The molecule has 0 aliphatic heterocycles. The van der Waals surface area contributed by atoms with Crippen molar-refractivity contribution in [1.82, 2.24) is 19.5 Å². The SMILES string of the molecule is [2H]c1c([2H])c([2H])c(-c2nc(-c3cccc([Si](c4c([2H])c([2H])c([2H])c([2H])c4[2H])(c4c([2H])c([2H])c([2H])c([2H])c4[2H])c4c([2H])c([2H])c([2H])c([2H])c4[2H])c3)nc(-n3c4c([2H])c([2H])c([2H])c([2H])c4c4c([2H])c([2H])c([2H])c([2H])c43)n2)c([2H])c1[2H]. The van der Waals surface area contributed by atoms with Gasteiger partial charge in [-0.2, -0.15) is 9.97 Å². The van der Waals surface area contributed by atoms with Crippen molar-refractivity contribution in [3.63, 3.8) is 0 Å². The summed E-state index contributed by atoms with van der Waals surface area (Å²) < 4.78 is 250. The molecule has 9 aromatic rings. The van der Waals surface area contributed by atoms with E-state index in [2.05, 4.69) is 15.0 Å². The van der Waals surface area contributed by atoms with Crippen LogP contribution in [0.5, 0.6) is 0 Å². The normalized spacial score (nSPS) is 19.4. The summed E-state index contributed by atoms with van der Waals surface area (Å²) in [6, 6.07) is -21.7. The number of rotatable bonds is 7. The summed E-state index contributed by atoms with van der Waals surface area (Å²) in [4.78, 5) is 13.6. The van der Waals surface area contributed by atoms with E-state index in [1.807, 2.05) is 0 Å². The van der Waals surface area contributed by atoms with Gasteiger partial charge in [0, 0.05) is 21.9 Å². The summed E-state index contributed by atoms with van der Waals surface area (Å²) in [5, 5.41) is -3.82. The number of benzene rings is 7. The molecule has 0 radical (unpaired) electrons. The maximum Gasteiger partial charge on any atom is 0.238 e. The molecule has 0 saturated heterocycles. The Labute approximate surface area is 331 Å². The molecule has 0 N–H and O–H groups in total. The molecule has 7 aromatic carbocycles. The number of hydrogen-bond acceptors (Lipinski definition) is 3. The molecule has 5 heteroatoms. The second-order valence-electron chi connectivity index (χ2n) is 10.4. The summed E-state index contributed by atoms with van der Waals surface area (Å²) in [5.74, 6) is -2.17. The lowest BCUT2D eigenvalue weighted by Crippen LogP contribution is -2.74. The van der Waals surface area contributed by atoms with Crippen molar-refractivity contribution < 1.29 is 38.4 Å². The average molecular weight is 685 g/mol. The van der Waals surface area contributed by atoms with Crippen LogP contribution in [0.2, 0.25) is 0 Å². The molecule has 4 nitrogen and oxygen atoms in total. The Morgan fingerprint density at radius 2 is 0.860 bits per heavy atom. The number of hydrogen-bond donors (Lipinski definition) is 0. The fourth-order valence-corrected chi connectivity index (χ4v) is 9.53. The lowest BCUT2D eigenvalue weighted by Gasteiger charge is -2.34. The van der Waals surface area contributed by atoms with E-state index in [4.69, 9.17) is 30.2 Å². The fourth-order valence-electron chi connectivity index (χ4n) is 5.70. The molecule has 0 saturated carbocycles. The van der Waals surface area contributed by atoms with Crippen LogP contribution in [-0.4, -0.2) is 27.6 Å². The summed E-state index contributed by atoms with van der Waals surface area (Å²) in [7, 11) is -5.77. The largest absolute Gasteiger partial charge is 0.278 e. The standard InChI is InChI=1S/C45H32N4Si/c1-5-18-33(19-6-1)43-46-44(48-45(47-43)49-41-30-15-13-28-39(41)40-29-14-16-31-42(40)49)34-20-17-27-38(32-34)50(35-21-7-2-8-22-35,36-23-9-3-10-24-36)37-25-11-4-12-26-37/h1-32H/i1D,2D,3D,4D,5D,6D,7D,8D,9D,10D,11D,12D,13D,14D,15D,16D,18D,19D,21D,22D,23D,24D,25D,26D,28D,29D,30D,31D. The van der Waals surface area contributed by atoms with Crippen LogP contribution in [-0.2, 0) is 0 Å². The Hall–Kier alpha value is -6.43. The molecular weight excluding hydrogens is 625 g/mol. The van der Waals surface area contributed by atoms with E-state index in [0.29, 0.717) is 0 Å². The van der Waals surface area contributed by atoms with Gasteiger partial charge in [0.05, 0.1) is 49.4 Å². The van der Waals surface area contributed by atoms with Crippen LogP contribution in [0.3, 0.4) is 0 Å². The molecule has 50 heavy (non-hydrogen) atoms. The third-order valence-corrected chi connectivity index (χ3v) is 11.9. The maximum absolute atomic E-state index is 9.45. The molecule has 0 amide bonds. The van der Waals surface area contributed by atoms with Crippen LogP contribution >= 0.6 is 0 Å². The zero-order valence-electron chi connectivity index (χ0n) is 53.1. The molecule has 9 rings (SSSR count). The van der Waals surface area contributed by atoms with Crippen LogP contribution in [0.15, 0.2) is 193 Å². The topological polar surface area (TPSA) is 43.6 Å². The summed E-state index contributed by atoms with van der Waals surface area (Å²) in [6.45, 7) is 0. The van der Waals surface area contributed by atoms with Gasteiger partial charge < -0.3 is 0 Å². The van der Waals surface area contributed by atoms with Crippen LogP contribution < -0.4 is 20.7 Å². The number of para-hydroxylation sites is 2. The van der Waals surface area contributed by atoms with E-state index < -0.39 is 243 Å². The molecule has 2 heterocycles. The monoisotopic (exact) mass is 684 g/mol. The molecule has 0 fully saturated rings. The molecule has 0 unspecified atom stereocenters. The van der Waals surface area contributed by atoms with Crippen LogP contribution in [0.1, 0.15) is 38.4 Å². The summed E-state index contributed by atoms with van der Waals surface area (Å²) in [6.07, 6.45) is 0. The molecule has 0 bridgehead atoms. The molecule has 0 aliphatic rings. The van der Waals surface area contributed by atoms with Crippen molar-refractivity contribution in [3.05, 3.63) is 193 Å². The summed E-state index contributed by atoms with van der Waals surface area (Å²) >= 11 is 0. The predicted octanol–water partition coefficient (Wildman–Crippen LogP) is 7.68. The second-order valence-corrected chi connectivity index (χ2v) is 14.0. The van der Waals surface area contributed by atoms with Crippen molar-refractivity contribution in [1.29, 1.82) is 0 Å². The first-order valence-electron chi connectivity index (χ1n) is 28.6. The highest BCUT2D eigenvalue weighted by atomic mass is 28.3. The molecular formula is C45H32N4Si. The van der Waals surface area contributed by atoms with E-state index in [0.717, 1.165) is 10.6 Å². The summed E-state index contributed by atoms with van der Waals surface area (Å²) in [5.41, 5.74) is -2.09.